The van der Waals surface area contributed by atoms with Crippen LogP contribution in [0.4, 0.5) is 11.6 Å². The predicted octanol–water partition coefficient (Wildman–Crippen LogP) is 3.69. The second kappa shape index (κ2) is 5.79. The van der Waals surface area contributed by atoms with Crippen LogP contribution in [0.25, 0.3) is 0 Å². The van der Waals surface area contributed by atoms with E-state index in [1.165, 1.54) is 11.1 Å². The number of aryl methyl sites for hydroxylation is 2. The summed E-state index contributed by atoms with van der Waals surface area (Å²) >= 11 is 0. The Balaban J connectivity index is 1.88. The van der Waals surface area contributed by atoms with Crippen molar-refractivity contribution in [3.63, 3.8) is 0 Å². The number of aromatic nitrogens is 3. The topological polar surface area (TPSA) is 42.7 Å². The van der Waals surface area contributed by atoms with Crippen molar-refractivity contribution in [1.29, 1.82) is 0 Å². The van der Waals surface area contributed by atoms with Crippen LogP contribution in [-0.4, -0.2) is 14.5 Å². The number of imidazole rings is 1. The molecule has 3 aromatic rings. The Morgan fingerprint density at radius 3 is 2.67 bits per heavy atom. The van der Waals surface area contributed by atoms with Gasteiger partial charge < -0.3 is 9.88 Å². The third-order valence-corrected chi connectivity index (χ3v) is 3.42. The van der Waals surface area contributed by atoms with Crippen molar-refractivity contribution < 1.29 is 0 Å². The molecule has 4 nitrogen and oxygen atoms in total. The molecule has 0 aliphatic heterocycles. The zero-order valence-electron chi connectivity index (χ0n) is 12.2. The molecule has 1 N–H and O–H groups in total. The summed E-state index contributed by atoms with van der Waals surface area (Å²) in [6.45, 7) is 4.86. The Morgan fingerprint density at radius 1 is 1.10 bits per heavy atom. The molecule has 3 rings (SSSR count). The van der Waals surface area contributed by atoms with E-state index in [4.69, 9.17) is 0 Å². The molecular formula is C17H18N4. The number of nitrogens with one attached hydrogen (secondary N) is 1. The molecule has 0 aliphatic rings. The number of rotatable bonds is 4. The first kappa shape index (κ1) is 13.4. The molecule has 2 aromatic heterocycles. The maximum atomic E-state index is 4.56. The minimum absolute atomic E-state index is 0.760. The number of pyridine rings is 1. The Bertz CT molecular complexity index is 732. The molecule has 0 aliphatic carbocycles. The van der Waals surface area contributed by atoms with Gasteiger partial charge in [0.2, 0.25) is 5.95 Å². The zero-order chi connectivity index (χ0) is 14.7. The van der Waals surface area contributed by atoms with Crippen molar-refractivity contribution in [3.05, 3.63) is 71.8 Å². The molecule has 0 bridgehead atoms. The monoisotopic (exact) mass is 278 g/mol. The smallest absolute Gasteiger partial charge is 0.207 e. The summed E-state index contributed by atoms with van der Waals surface area (Å²) in [6, 6.07) is 12.1. The molecule has 106 valence electrons. The Kier molecular flexibility index (Phi) is 3.69. The van der Waals surface area contributed by atoms with Crippen LogP contribution in [0.2, 0.25) is 0 Å². The first-order valence-corrected chi connectivity index (χ1v) is 6.98. The highest BCUT2D eigenvalue weighted by atomic mass is 15.2. The summed E-state index contributed by atoms with van der Waals surface area (Å²) in [5, 5.41) is 3.36. The maximum Gasteiger partial charge on any atom is 0.207 e. The van der Waals surface area contributed by atoms with Crippen LogP contribution in [0.3, 0.4) is 0 Å². The molecule has 0 spiro atoms. The number of benzene rings is 1. The number of hydrogen-bond donors (Lipinski definition) is 1. The SMILES string of the molecule is Cc1cn(Cc2cnccc2C)c(Nc2ccccc2)n1. The molecule has 21 heavy (non-hydrogen) atoms. The highest BCUT2D eigenvalue weighted by Crippen LogP contribution is 2.18. The normalized spacial score (nSPS) is 10.6. The highest BCUT2D eigenvalue weighted by molar-refractivity contribution is 5.53. The molecule has 0 atom stereocenters. The summed E-state index contributed by atoms with van der Waals surface area (Å²) < 4.78 is 2.12. The molecule has 0 radical (unpaired) electrons. The quantitative estimate of drug-likeness (QED) is 0.791. The van der Waals surface area contributed by atoms with Crippen LogP contribution in [0.5, 0.6) is 0 Å². The van der Waals surface area contributed by atoms with Crippen LogP contribution in [0, 0.1) is 13.8 Å². The summed E-state index contributed by atoms with van der Waals surface area (Å²) in [7, 11) is 0. The van der Waals surface area contributed by atoms with Gasteiger partial charge in [-0.05, 0) is 43.2 Å². The second-order valence-electron chi connectivity index (χ2n) is 5.13. The van der Waals surface area contributed by atoms with Gasteiger partial charge in [0.25, 0.3) is 0 Å². The Morgan fingerprint density at radius 2 is 1.90 bits per heavy atom. The lowest BCUT2D eigenvalue weighted by Gasteiger charge is -2.11. The van der Waals surface area contributed by atoms with Crippen LogP contribution in [0.1, 0.15) is 16.8 Å². The van der Waals surface area contributed by atoms with Gasteiger partial charge in [-0.3, -0.25) is 4.98 Å². The average Bonchev–Trinajstić information content (AvgIpc) is 2.82. The van der Waals surface area contributed by atoms with Crippen LogP contribution < -0.4 is 5.32 Å². The molecule has 4 heteroatoms. The minimum Gasteiger partial charge on any atom is -0.326 e. The molecular weight excluding hydrogens is 260 g/mol. The first-order valence-electron chi connectivity index (χ1n) is 6.98. The lowest BCUT2D eigenvalue weighted by molar-refractivity contribution is 0.797. The van der Waals surface area contributed by atoms with Crippen LogP contribution in [0.15, 0.2) is 55.0 Å². The average molecular weight is 278 g/mol. The van der Waals surface area contributed by atoms with Gasteiger partial charge in [-0.1, -0.05) is 18.2 Å². The van der Waals surface area contributed by atoms with Crippen molar-refractivity contribution in [2.45, 2.75) is 20.4 Å². The molecule has 0 unspecified atom stereocenters. The lowest BCUT2D eigenvalue weighted by Crippen LogP contribution is -2.05. The molecule has 2 heterocycles. The van der Waals surface area contributed by atoms with Gasteiger partial charge in [0, 0.05) is 24.3 Å². The largest absolute Gasteiger partial charge is 0.326 e. The fourth-order valence-electron chi connectivity index (χ4n) is 2.26. The van der Waals surface area contributed by atoms with Gasteiger partial charge >= 0.3 is 0 Å². The fraction of sp³-hybridized carbons (Fsp3) is 0.176. The van der Waals surface area contributed by atoms with E-state index in [2.05, 4.69) is 33.0 Å². The lowest BCUT2D eigenvalue weighted by atomic mass is 10.1. The van der Waals surface area contributed by atoms with Gasteiger partial charge in [-0.15, -0.1) is 0 Å². The van der Waals surface area contributed by atoms with Gasteiger partial charge in [-0.25, -0.2) is 4.98 Å². The van der Waals surface area contributed by atoms with E-state index in [0.29, 0.717) is 0 Å². The third-order valence-electron chi connectivity index (χ3n) is 3.42. The maximum absolute atomic E-state index is 4.56. The van der Waals surface area contributed by atoms with E-state index in [9.17, 15) is 0 Å². The zero-order valence-corrected chi connectivity index (χ0v) is 12.2. The molecule has 0 fully saturated rings. The minimum atomic E-state index is 0.760. The van der Waals surface area contributed by atoms with Crippen molar-refractivity contribution in [1.82, 2.24) is 14.5 Å². The highest BCUT2D eigenvalue weighted by Gasteiger charge is 2.08. The number of hydrogen-bond acceptors (Lipinski definition) is 3. The molecule has 0 amide bonds. The second-order valence-corrected chi connectivity index (χ2v) is 5.13. The van der Waals surface area contributed by atoms with E-state index in [1.54, 1.807) is 0 Å². The summed E-state index contributed by atoms with van der Waals surface area (Å²) in [5.74, 6) is 0.849. The van der Waals surface area contributed by atoms with E-state index in [0.717, 1.165) is 23.9 Å². The van der Waals surface area contributed by atoms with Crippen LogP contribution in [-0.2, 0) is 6.54 Å². The van der Waals surface area contributed by atoms with E-state index in [-0.39, 0.29) is 0 Å². The number of anilines is 2. The van der Waals surface area contributed by atoms with Crippen molar-refractivity contribution in [2.24, 2.45) is 0 Å². The Hall–Kier alpha value is -2.62. The number of nitrogens with zero attached hydrogens (tertiary/aromatic N) is 3. The number of para-hydroxylation sites is 1. The first-order chi connectivity index (χ1) is 10.2. The fourth-order valence-corrected chi connectivity index (χ4v) is 2.26. The summed E-state index contributed by atoms with van der Waals surface area (Å²) in [4.78, 5) is 8.77. The predicted molar refractivity (Wildman–Crippen MR) is 84.8 cm³/mol. The third kappa shape index (κ3) is 3.11. The van der Waals surface area contributed by atoms with Gasteiger partial charge in [-0.2, -0.15) is 0 Å². The summed E-state index contributed by atoms with van der Waals surface area (Å²) in [6.07, 6.45) is 5.79. The van der Waals surface area contributed by atoms with Crippen LogP contribution >= 0.6 is 0 Å². The molecule has 0 saturated carbocycles. The van der Waals surface area contributed by atoms with Gasteiger partial charge in [0.05, 0.1) is 12.2 Å². The van der Waals surface area contributed by atoms with Crippen molar-refractivity contribution >= 4 is 11.6 Å². The van der Waals surface area contributed by atoms with Crippen molar-refractivity contribution in [3.8, 4) is 0 Å². The van der Waals surface area contributed by atoms with E-state index < -0.39 is 0 Å². The molecule has 0 saturated heterocycles. The summed E-state index contributed by atoms with van der Waals surface area (Å²) in [5.41, 5.74) is 4.47. The van der Waals surface area contributed by atoms with E-state index in [1.807, 2.05) is 55.7 Å². The Labute approximate surface area is 124 Å². The van der Waals surface area contributed by atoms with Gasteiger partial charge in [0.1, 0.15) is 0 Å². The van der Waals surface area contributed by atoms with Gasteiger partial charge in [0.15, 0.2) is 0 Å². The molecule has 1 aromatic carbocycles. The van der Waals surface area contributed by atoms with E-state index >= 15 is 0 Å². The standard InChI is InChI=1S/C17H18N4/c1-13-8-9-18-10-15(13)12-21-11-14(2)19-17(21)20-16-6-4-3-5-7-16/h3-11H,12H2,1-2H3,(H,19,20). The van der Waals surface area contributed by atoms with Crippen molar-refractivity contribution in [2.75, 3.05) is 5.32 Å².